The first-order valence-electron chi connectivity index (χ1n) is 12.9. The Labute approximate surface area is 223 Å². The van der Waals surface area contributed by atoms with Crippen LogP contribution in [-0.2, 0) is 19.5 Å². The van der Waals surface area contributed by atoms with Gasteiger partial charge in [0.2, 0.25) is 0 Å². The number of aryl methyl sites for hydroxylation is 1. The number of halogens is 1. The number of aromatic carboxylic acids is 1. The molecule has 39 heavy (non-hydrogen) atoms. The van der Waals surface area contributed by atoms with Crippen molar-refractivity contribution in [3.63, 3.8) is 0 Å². The predicted octanol–water partition coefficient (Wildman–Crippen LogP) is 4.01. The fourth-order valence-electron chi connectivity index (χ4n) is 5.52. The van der Waals surface area contributed by atoms with Crippen molar-refractivity contribution in [2.45, 2.75) is 44.8 Å². The molecular formula is C29H28FN5O4. The minimum atomic E-state index is -0.970. The van der Waals surface area contributed by atoms with Gasteiger partial charge in [0.15, 0.2) is 0 Å². The van der Waals surface area contributed by atoms with Crippen LogP contribution in [0.4, 0.5) is 4.39 Å². The van der Waals surface area contributed by atoms with Gasteiger partial charge in [-0.3, -0.25) is 14.3 Å². The van der Waals surface area contributed by atoms with E-state index in [0.29, 0.717) is 52.9 Å². The summed E-state index contributed by atoms with van der Waals surface area (Å²) in [6, 6.07) is 11.5. The average Bonchev–Trinajstić information content (AvgIpc) is 3.39. The molecule has 0 radical (unpaired) electrons. The molecule has 1 saturated carbocycles. The summed E-state index contributed by atoms with van der Waals surface area (Å²) < 4.78 is 15.8. The van der Waals surface area contributed by atoms with E-state index in [1.165, 1.54) is 6.07 Å². The van der Waals surface area contributed by atoms with Crippen molar-refractivity contribution in [1.29, 1.82) is 0 Å². The molecule has 2 aromatic heterocycles. The van der Waals surface area contributed by atoms with Crippen molar-refractivity contribution >= 4 is 28.7 Å². The SMILES string of the molecule is Cc1c(F)ccc2[nH]c(C(=O)N3CCn4ncc(C(=O)N(C)C5(Cc6ccc(C(=O)O)cc6)CC5)c4C3)cc12. The monoisotopic (exact) mass is 529 g/mol. The standard InChI is InChI=1S/C29H28FN5O4/c1-17-20-13-24(32-23(20)8-7-22(17)30)27(37)34-11-12-35-25(16-34)21(15-31-35)26(36)33(2)29(9-10-29)14-18-3-5-19(6-4-18)28(38)39/h3-8,13,15,32H,9-12,14,16H2,1-2H3,(H,38,39). The highest BCUT2D eigenvalue weighted by Crippen LogP contribution is 2.44. The molecule has 4 aromatic rings. The zero-order valence-corrected chi connectivity index (χ0v) is 21.7. The lowest BCUT2D eigenvalue weighted by Crippen LogP contribution is -2.42. The van der Waals surface area contributed by atoms with E-state index in [1.807, 2.05) is 0 Å². The van der Waals surface area contributed by atoms with Crippen LogP contribution in [0.25, 0.3) is 10.9 Å². The minimum Gasteiger partial charge on any atom is -0.478 e. The molecule has 2 aromatic carbocycles. The third kappa shape index (κ3) is 4.25. The number of H-pyrrole nitrogens is 1. The van der Waals surface area contributed by atoms with Crippen LogP contribution in [-0.4, -0.2) is 66.6 Å². The van der Waals surface area contributed by atoms with Crippen LogP contribution in [0.5, 0.6) is 0 Å². The summed E-state index contributed by atoms with van der Waals surface area (Å²) in [7, 11) is 1.79. The molecule has 0 spiro atoms. The number of carbonyl (C=O) groups is 3. The van der Waals surface area contributed by atoms with Crippen molar-refractivity contribution in [3.8, 4) is 0 Å². The molecule has 0 bridgehead atoms. The number of fused-ring (bicyclic) bond motifs is 2. The van der Waals surface area contributed by atoms with Gasteiger partial charge in [0.1, 0.15) is 11.5 Å². The van der Waals surface area contributed by atoms with E-state index in [2.05, 4.69) is 10.1 Å². The van der Waals surface area contributed by atoms with Gasteiger partial charge in [0.05, 0.1) is 36.1 Å². The number of hydrogen-bond donors (Lipinski definition) is 2. The number of benzene rings is 2. The average molecular weight is 530 g/mol. The van der Waals surface area contributed by atoms with Crippen LogP contribution >= 0.6 is 0 Å². The Kier molecular flexibility index (Phi) is 5.78. The molecule has 0 unspecified atom stereocenters. The fourth-order valence-corrected chi connectivity index (χ4v) is 5.52. The number of aromatic nitrogens is 3. The van der Waals surface area contributed by atoms with Gasteiger partial charge in [0, 0.05) is 30.0 Å². The summed E-state index contributed by atoms with van der Waals surface area (Å²) >= 11 is 0. The molecule has 0 atom stereocenters. The number of amides is 2. The molecule has 2 amide bonds. The molecule has 2 aliphatic rings. The second-order valence-electron chi connectivity index (χ2n) is 10.5. The van der Waals surface area contributed by atoms with Crippen molar-refractivity contribution in [2.24, 2.45) is 0 Å². The van der Waals surface area contributed by atoms with E-state index in [9.17, 15) is 18.8 Å². The highest BCUT2D eigenvalue weighted by atomic mass is 19.1. The Morgan fingerprint density at radius 2 is 1.87 bits per heavy atom. The zero-order valence-electron chi connectivity index (χ0n) is 21.7. The van der Waals surface area contributed by atoms with Gasteiger partial charge < -0.3 is 19.9 Å². The van der Waals surface area contributed by atoms with Gasteiger partial charge in [-0.15, -0.1) is 0 Å². The molecule has 0 saturated heterocycles. The number of aromatic amines is 1. The Bertz CT molecular complexity index is 1630. The van der Waals surface area contributed by atoms with Gasteiger partial charge in [-0.2, -0.15) is 5.10 Å². The summed E-state index contributed by atoms with van der Waals surface area (Å²) in [6.45, 7) is 2.83. The summed E-state index contributed by atoms with van der Waals surface area (Å²) in [5.74, 6) is -1.65. The van der Waals surface area contributed by atoms with E-state index < -0.39 is 5.97 Å². The number of nitrogens with one attached hydrogen (secondary N) is 1. The van der Waals surface area contributed by atoms with Gasteiger partial charge in [-0.05, 0) is 67.6 Å². The maximum absolute atomic E-state index is 14.0. The first kappa shape index (κ1) is 24.8. The highest BCUT2D eigenvalue weighted by molar-refractivity contribution is 5.99. The number of carboxylic acids is 1. The first-order valence-corrected chi connectivity index (χ1v) is 12.9. The van der Waals surface area contributed by atoms with Crippen LogP contribution in [0.2, 0.25) is 0 Å². The number of carboxylic acid groups (broad SMARTS) is 1. The fraction of sp³-hybridized carbons (Fsp3) is 0.310. The first-order chi connectivity index (χ1) is 18.7. The summed E-state index contributed by atoms with van der Waals surface area (Å²) in [6.07, 6.45) is 3.91. The van der Waals surface area contributed by atoms with Crippen molar-refractivity contribution in [1.82, 2.24) is 24.6 Å². The van der Waals surface area contributed by atoms with Crippen LogP contribution in [0.1, 0.15) is 60.9 Å². The quantitative estimate of drug-likeness (QED) is 0.392. The molecule has 10 heteroatoms. The van der Waals surface area contributed by atoms with Crippen LogP contribution in [0.15, 0.2) is 48.7 Å². The second kappa shape index (κ2) is 9.07. The Morgan fingerprint density at radius 3 is 2.56 bits per heavy atom. The van der Waals surface area contributed by atoms with Crippen molar-refractivity contribution in [2.75, 3.05) is 13.6 Å². The Hall–Kier alpha value is -4.47. The molecule has 1 fully saturated rings. The number of rotatable bonds is 6. The van der Waals surface area contributed by atoms with Crippen LogP contribution in [0, 0.1) is 12.7 Å². The number of carbonyl (C=O) groups excluding carboxylic acids is 2. The van der Waals surface area contributed by atoms with E-state index in [4.69, 9.17) is 5.11 Å². The van der Waals surface area contributed by atoms with Crippen LogP contribution < -0.4 is 0 Å². The third-order valence-electron chi connectivity index (χ3n) is 8.20. The minimum absolute atomic E-state index is 0.151. The zero-order chi connectivity index (χ0) is 27.5. The summed E-state index contributed by atoms with van der Waals surface area (Å²) in [5.41, 5.74) is 3.59. The third-order valence-corrected chi connectivity index (χ3v) is 8.20. The van der Waals surface area contributed by atoms with E-state index >= 15 is 0 Å². The van der Waals surface area contributed by atoms with Crippen LogP contribution in [0.3, 0.4) is 0 Å². The van der Waals surface area contributed by atoms with Crippen molar-refractivity contribution < 1.29 is 23.9 Å². The maximum Gasteiger partial charge on any atom is 0.335 e. The lowest BCUT2D eigenvalue weighted by molar-refractivity contribution is 0.0671. The largest absolute Gasteiger partial charge is 0.478 e. The molecule has 9 nitrogen and oxygen atoms in total. The summed E-state index contributed by atoms with van der Waals surface area (Å²) in [4.78, 5) is 44.8. The number of nitrogens with zero attached hydrogens (tertiary/aromatic N) is 4. The number of likely N-dealkylation sites (N-methyl/N-ethyl adjacent to an activating group) is 1. The van der Waals surface area contributed by atoms with E-state index in [-0.39, 0.29) is 35.3 Å². The van der Waals surface area contributed by atoms with Gasteiger partial charge in [-0.1, -0.05) is 12.1 Å². The second-order valence-corrected chi connectivity index (χ2v) is 10.5. The molecule has 1 aliphatic carbocycles. The van der Waals surface area contributed by atoms with E-state index in [1.54, 1.807) is 71.0 Å². The van der Waals surface area contributed by atoms with E-state index in [0.717, 1.165) is 18.4 Å². The Morgan fingerprint density at radius 1 is 1.13 bits per heavy atom. The molecular weight excluding hydrogens is 501 g/mol. The smallest absolute Gasteiger partial charge is 0.335 e. The highest BCUT2D eigenvalue weighted by Gasteiger charge is 2.49. The molecule has 2 N–H and O–H groups in total. The molecule has 1 aliphatic heterocycles. The summed E-state index contributed by atoms with van der Waals surface area (Å²) in [5, 5.41) is 14.2. The van der Waals surface area contributed by atoms with Crippen molar-refractivity contribution in [3.05, 3.63) is 88.1 Å². The lowest BCUT2D eigenvalue weighted by atomic mass is 10.0. The maximum atomic E-state index is 14.0. The van der Waals surface area contributed by atoms with Gasteiger partial charge >= 0.3 is 5.97 Å². The molecule has 3 heterocycles. The predicted molar refractivity (Wildman–Crippen MR) is 141 cm³/mol. The molecule has 200 valence electrons. The van der Waals surface area contributed by atoms with Gasteiger partial charge in [-0.25, -0.2) is 9.18 Å². The normalized spacial score (nSPS) is 15.7. The van der Waals surface area contributed by atoms with Gasteiger partial charge in [0.25, 0.3) is 11.8 Å². The Balaban J connectivity index is 1.20. The lowest BCUT2D eigenvalue weighted by Gasteiger charge is -2.31. The topological polar surface area (TPSA) is 112 Å². The number of hydrogen-bond acceptors (Lipinski definition) is 4. The molecule has 6 rings (SSSR count).